The summed E-state index contributed by atoms with van der Waals surface area (Å²) in [6.45, 7) is 5.82. The molecule has 0 radical (unpaired) electrons. The van der Waals surface area contributed by atoms with Gasteiger partial charge in [-0.25, -0.2) is 4.98 Å². The summed E-state index contributed by atoms with van der Waals surface area (Å²) in [5.74, 6) is -0.0173. The Morgan fingerprint density at radius 2 is 1.80 bits per heavy atom. The molecule has 2 aliphatic rings. The maximum atomic E-state index is 13.1. The van der Waals surface area contributed by atoms with Gasteiger partial charge in [-0.3, -0.25) is 19.3 Å². The average molecular weight is 494 g/mol. The van der Waals surface area contributed by atoms with Gasteiger partial charge in [0.05, 0.1) is 16.6 Å². The molecule has 4 heterocycles. The van der Waals surface area contributed by atoms with E-state index < -0.39 is 0 Å². The van der Waals surface area contributed by atoms with Crippen LogP contribution in [0.5, 0.6) is 0 Å². The van der Waals surface area contributed by atoms with Gasteiger partial charge < -0.3 is 15.2 Å². The Bertz CT molecular complexity index is 1250. The van der Waals surface area contributed by atoms with Gasteiger partial charge in [0.1, 0.15) is 4.83 Å². The first-order valence-electron chi connectivity index (χ1n) is 12.3. The third kappa shape index (κ3) is 5.16. The number of likely N-dealkylation sites (tertiary alicyclic amines) is 2. The number of amides is 2. The summed E-state index contributed by atoms with van der Waals surface area (Å²) in [5.41, 5.74) is 1.79. The van der Waals surface area contributed by atoms with E-state index in [0.29, 0.717) is 46.6 Å². The van der Waals surface area contributed by atoms with Gasteiger partial charge in [0.2, 0.25) is 5.91 Å². The van der Waals surface area contributed by atoms with Crippen molar-refractivity contribution < 1.29 is 9.59 Å². The molecule has 0 unspecified atom stereocenters. The van der Waals surface area contributed by atoms with Crippen molar-refractivity contribution in [1.82, 2.24) is 25.1 Å². The van der Waals surface area contributed by atoms with Crippen molar-refractivity contribution in [3.63, 3.8) is 0 Å². The van der Waals surface area contributed by atoms with E-state index in [1.54, 1.807) is 11.8 Å². The molecule has 0 spiro atoms. The minimum Gasteiger partial charge on any atom is -0.353 e. The van der Waals surface area contributed by atoms with E-state index in [2.05, 4.69) is 44.5 Å². The topological polar surface area (TPSA) is 98.4 Å². The molecule has 2 saturated heterocycles. The average Bonchev–Trinajstić information content (AvgIpc) is 3.23. The van der Waals surface area contributed by atoms with Crippen LogP contribution in [0.25, 0.3) is 10.2 Å². The SMILES string of the molecule is Cc1c(C(=O)N2CCC(C(=O)NC3CCN(Cc4ccccc4)CC3)CC2)sc2nc[nH]c(=O)c12. The number of thiophene rings is 1. The molecule has 5 rings (SSSR count). The lowest BCUT2D eigenvalue weighted by molar-refractivity contribution is -0.127. The summed E-state index contributed by atoms with van der Waals surface area (Å²) in [7, 11) is 0. The molecule has 0 aliphatic carbocycles. The van der Waals surface area contributed by atoms with Crippen LogP contribution in [0.4, 0.5) is 0 Å². The van der Waals surface area contributed by atoms with Crippen molar-refractivity contribution in [2.45, 2.75) is 45.2 Å². The van der Waals surface area contributed by atoms with Crippen LogP contribution in [0.15, 0.2) is 41.5 Å². The molecule has 2 fully saturated rings. The van der Waals surface area contributed by atoms with Crippen LogP contribution in [0, 0.1) is 12.8 Å². The smallest absolute Gasteiger partial charge is 0.264 e. The van der Waals surface area contributed by atoms with Gasteiger partial charge in [-0.1, -0.05) is 30.3 Å². The molecule has 184 valence electrons. The van der Waals surface area contributed by atoms with Crippen LogP contribution in [-0.2, 0) is 11.3 Å². The third-order valence-corrected chi connectivity index (χ3v) is 8.45. The van der Waals surface area contributed by atoms with Gasteiger partial charge in [0.25, 0.3) is 11.5 Å². The summed E-state index contributed by atoms with van der Waals surface area (Å²) in [5, 5.41) is 3.76. The summed E-state index contributed by atoms with van der Waals surface area (Å²) < 4.78 is 0. The Balaban J connectivity index is 1.10. The van der Waals surface area contributed by atoms with Crippen LogP contribution in [0.1, 0.15) is 46.5 Å². The molecule has 2 N–H and O–H groups in total. The Morgan fingerprint density at radius 1 is 1.09 bits per heavy atom. The molecule has 35 heavy (non-hydrogen) atoms. The standard InChI is InChI=1S/C26H31N5O3S/c1-17-21-24(33)27-16-28-25(21)35-22(17)26(34)31-13-7-19(8-14-31)23(32)29-20-9-11-30(12-10-20)15-18-5-3-2-4-6-18/h2-6,16,19-20H,7-15H2,1H3,(H,29,32)(H,27,28,33). The number of aromatic amines is 1. The van der Waals surface area contributed by atoms with E-state index in [-0.39, 0.29) is 29.3 Å². The van der Waals surface area contributed by atoms with E-state index in [9.17, 15) is 14.4 Å². The number of rotatable bonds is 5. The molecule has 1 aromatic carbocycles. The number of fused-ring (bicyclic) bond motifs is 1. The Hall–Kier alpha value is -3.04. The maximum Gasteiger partial charge on any atom is 0.264 e. The summed E-state index contributed by atoms with van der Waals surface area (Å²) in [4.78, 5) is 50.4. The molecule has 3 aromatic rings. The molecule has 2 aromatic heterocycles. The largest absolute Gasteiger partial charge is 0.353 e. The summed E-state index contributed by atoms with van der Waals surface area (Å²) in [6, 6.07) is 10.7. The fraction of sp³-hybridized carbons (Fsp3) is 0.462. The van der Waals surface area contributed by atoms with Gasteiger partial charge in [0.15, 0.2) is 0 Å². The third-order valence-electron chi connectivity index (χ3n) is 7.26. The Morgan fingerprint density at radius 3 is 2.49 bits per heavy atom. The zero-order valence-corrected chi connectivity index (χ0v) is 20.8. The Labute approximate surface area is 208 Å². The first-order chi connectivity index (χ1) is 17.0. The first kappa shape index (κ1) is 23.7. The van der Waals surface area contributed by atoms with E-state index in [0.717, 1.165) is 32.5 Å². The van der Waals surface area contributed by atoms with Gasteiger partial charge in [-0.05, 0) is 43.7 Å². The van der Waals surface area contributed by atoms with Crippen LogP contribution in [0.3, 0.4) is 0 Å². The van der Waals surface area contributed by atoms with Gasteiger partial charge in [-0.2, -0.15) is 0 Å². The maximum absolute atomic E-state index is 13.1. The van der Waals surface area contributed by atoms with Crippen molar-refractivity contribution in [1.29, 1.82) is 0 Å². The monoisotopic (exact) mass is 493 g/mol. The highest BCUT2D eigenvalue weighted by atomic mass is 32.1. The molecular weight excluding hydrogens is 462 g/mol. The second kappa shape index (κ2) is 10.3. The molecule has 2 amide bonds. The molecule has 8 nitrogen and oxygen atoms in total. The number of nitrogens with one attached hydrogen (secondary N) is 2. The fourth-order valence-corrected chi connectivity index (χ4v) is 6.28. The molecule has 0 saturated carbocycles. The number of aryl methyl sites for hydroxylation is 1. The van der Waals surface area contributed by atoms with E-state index >= 15 is 0 Å². The van der Waals surface area contributed by atoms with Gasteiger partial charge in [0, 0.05) is 44.7 Å². The van der Waals surface area contributed by atoms with Gasteiger partial charge >= 0.3 is 0 Å². The Kier molecular flexibility index (Phi) is 6.97. The molecule has 2 aliphatic heterocycles. The van der Waals surface area contributed by atoms with Gasteiger partial charge in [-0.15, -0.1) is 11.3 Å². The van der Waals surface area contributed by atoms with Crippen LogP contribution < -0.4 is 10.9 Å². The highest BCUT2D eigenvalue weighted by Gasteiger charge is 2.31. The van der Waals surface area contributed by atoms with Crippen molar-refractivity contribution in [3.05, 3.63) is 63.0 Å². The van der Waals surface area contributed by atoms with E-state index in [4.69, 9.17) is 0 Å². The second-order valence-electron chi connectivity index (χ2n) is 9.58. The number of carbonyl (C=O) groups is 2. The van der Waals surface area contributed by atoms with E-state index in [1.807, 2.05) is 6.07 Å². The summed E-state index contributed by atoms with van der Waals surface area (Å²) in [6.07, 6.45) is 4.62. The van der Waals surface area contributed by atoms with Crippen molar-refractivity contribution >= 4 is 33.4 Å². The molecule has 0 bridgehead atoms. The number of benzene rings is 1. The number of H-pyrrole nitrogens is 1. The quantitative estimate of drug-likeness (QED) is 0.570. The predicted molar refractivity (Wildman–Crippen MR) is 136 cm³/mol. The highest BCUT2D eigenvalue weighted by Crippen LogP contribution is 2.29. The molecular formula is C26H31N5O3S. The molecule has 9 heteroatoms. The normalized spacial score (nSPS) is 18.1. The predicted octanol–water partition coefficient (Wildman–Crippen LogP) is 2.93. The number of aromatic nitrogens is 2. The number of hydrogen-bond donors (Lipinski definition) is 2. The number of piperidine rings is 2. The lowest BCUT2D eigenvalue weighted by atomic mass is 9.94. The highest BCUT2D eigenvalue weighted by molar-refractivity contribution is 7.20. The second-order valence-corrected chi connectivity index (χ2v) is 10.6. The van der Waals surface area contributed by atoms with Crippen LogP contribution in [0.2, 0.25) is 0 Å². The van der Waals surface area contributed by atoms with Crippen molar-refractivity contribution in [2.24, 2.45) is 5.92 Å². The van der Waals surface area contributed by atoms with Crippen molar-refractivity contribution in [2.75, 3.05) is 26.2 Å². The minimum atomic E-state index is -0.218. The number of carbonyl (C=O) groups excluding carboxylic acids is 2. The van der Waals surface area contributed by atoms with E-state index in [1.165, 1.54) is 23.2 Å². The zero-order valence-electron chi connectivity index (χ0n) is 20.0. The number of nitrogens with zero attached hydrogens (tertiary/aromatic N) is 3. The van der Waals surface area contributed by atoms with Crippen LogP contribution >= 0.6 is 11.3 Å². The van der Waals surface area contributed by atoms with Crippen LogP contribution in [-0.4, -0.2) is 63.8 Å². The lowest BCUT2D eigenvalue weighted by Gasteiger charge is -2.35. The lowest BCUT2D eigenvalue weighted by Crippen LogP contribution is -2.48. The minimum absolute atomic E-state index is 0.0607. The fourth-order valence-electron chi connectivity index (χ4n) is 5.17. The summed E-state index contributed by atoms with van der Waals surface area (Å²) >= 11 is 1.27. The zero-order chi connectivity index (χ0) is 24.4. The number of hydrogen-bond acceptors (Lipinski definition) is 6. The first-order valence-corrected chi connectivity index (χ1v) is 13.1. The molecule has 0 atom stereocenters. The van der Waals surface area contributed by atoms with Crippen molar-refractivity contribution in [3.8, 4) is 0 Å².